The molecule has 1 heterocycles. The van der Waals surface area contributed by atoms with Crippen molar-refractivity contribution in [2.45, 2.75) is 74.6 Å². The molecular formula is C16H28N2OS. The highest BCUT2D eigenvalue weighted by Gasteiger charge is 2.38. The average molecular weight is 296 g/mol. The standard InChI is InChI=1S/C16H28N2OS/c1-20-16(9-4-10-16)11-17-15(19)14-8-7-12-5-2-3-6-13(12)18-14/h12-14,18H,2-11H2,1H3,(H,17,19). The first kappa shape index (κ1) is 14.7. The summed E-state index contributed by atoms with van der Waals surface area (Å²) in [6.45, 7) is 0.860. The van der Waals surface area contributed by atoms with Gasteiger partial charge in [-0.3, -0.25) is 4.79 Å². The first-order chi connectivity index (χ1) is 9.72. The number of nitrogens with one attached hydrogen (secondary N) is 2. The van der Waals surface area contributed by atoms with Crippen molar-refractivity contribution >= 4 is 17.7 Å². The van der Waals surface area contributed by atoms with Gasteiger partial charge >= 0.3 is 0 Å². The Labute approximate surface area is 127 Å². The molecule has 2 N–H and O–H groups in total. The minimum atomic E-state index is 0.0633. The van der Waals surface area contributed by atoms with Crippen LogP contribution < -0.4 is 10.6 Å². The van der Waals surface area contributed by atoms with Gasteiger partial charge in [0.2, 0.25) is 5.91 Å². The van der Waals surface area contributed by atoms with Crippen LogP contribution in [0.5, 0.6) is 0 Å². The molecule has 0 aromatic carbocycles. The molecule has 4 heteroatoms. The van der Waals surface area contributed by atoms with E-state index >= 15 is 0 Å². The van der Waals surface area contributed by atoms with Crippen molar-refractivity contribution < 1.29 is 4.79 Å². The predicted molar refractivity (Wildman–Crippen MR) is 85.0 cm³/mol. The van der Waals surface area contributed by atoms with E-state index in [1.54, 1.807) is 0 Å². The summed E-state index contributed by atoms with van der Waals surface area (Å²) in [5.41, 5.74) is 0. The molecule has 114 valence electrons. The van der Waals surface area contributed by atoms with E-state index in [0.29, 0.717) is 10.8 Å². The Kier molecular flexibility index (Phi) is 4.61. The molecule has 3 nitrogen and oxygen atoms in total. The third-order valence-electron chi connectivity index (χ3n) is 5.75. The number of thioether (sulfide) groups is 1. The van der Waals surface area contributed by atoms with Gasteiger partial charge in [-0.25, -0.2) is 0 Å². The fraction of sp³-hybridized carbons (Fsp3) is 0.938. The van der Waals surface area contributed by atoms with Crippen LogP contribution in [0.15, 0.2) is 0 Å². The number of fused-ring (bicyclic) bond motifs is 1. The maximum Gasteiger partial charge on any atom is 0.237 e. The van der Waals surface area contributed by atoms with Crippen LogP contribution in [0.1, 0.15) is 57.8 Å². The average Bonchev–Trinajstić information content (AvgIpc) is 2.46. The second kappa shape index (κ2) is 6.27. The van der Waals surface area contributed by atoms with Crippen LogP contribution in [0.3, 0.4) is 0 Å². The highest BCUT2D eigenvalue weighted by molar-refractivity contribution is 8.00. The number of hydrogen-bond acceptors (Lipinski definition) is 3. The minimum absolute atomic E-state index is 0.0633. The molecule has 1 saturated heterocycles. The van der Waals surface area contributed by atoms with Crippen LogP contribution in [-0.2, 0) is 4.79 Å². The fourth-order valence-corrected chi connectivity index (χ4v) is 5.01. The summed E-state index contributed by atoms with van der Waals surface area (Å²) in [4.78, 5) is 12.4. The van der Waals surface area contributed by atoms with Gasteiger partial charge < -0.3 is 10.6 Å². The van der Waals surface area contributed by atoms with Gasteiger partial charge in [-0.15, -0.1) is 0 Å². The normalized spacial score (nSPS) is 35.8. The van der Waals surface area contributed by atoms with Gasteiger partial charge in [0.05, 0.1) is 6.04 Å². The van der Waals surface area contributed by atoms with Gasteiger partial charge in [0.1, 0.15) is 0 Å². The molecule has 1 aliphatic heterocycles. The highest BCUT2D eigenvalue weighted by Crippen LogP contribution is 2.42. The highest BCUT2D eigenvalue weighted by atomic mass is 32.2. The molecule has 3 rings (SSSR count). The Morgan fingerprint density at radius 2 is 2.00 bits per heavy atom. The van der Waals surface area contributed by atoms with Crippen molar-refractivity contribution in [3.63, 3.8) is 0 Å². The Balaban J connectivity index is 1.47. The zero-order valence-electron chi connectivity index (χ0n) is 12.6. The van der Waals surface area contributed by atoms with Crippen molar-refractivity contribution in [1.29, 1.82) is 0 Å². The second-order valence-corrected chi connectivity index (χ2v) is 8.18. The van der Waals surface area contributed by atoms with Crippen molar-refractivity contribution in [3.8, 4) is 0 Å². The molecule has 0 bridgehead atoms. The van der Waals surface area contributed by atoms with E-state index in [2.05, 4.69) is 16.9 Å². The molecule has 0 spiro atoms. The molecule has 2 aliphatic carbocycles. The van der Waals surface area contributed by atoms with E-state index in [1.807, 2.05) is 11.8 Å². The summed E-state index contributed by atoms with van der Waals surface area (Å²) < 4.78 is 0.345. The summed E-state index contributed by atoms with van der Waals surface area (Å²) in [5, 5.41) is 6.85. The predicted octanol–water partition coefficient (Wildman–Crippen LogP) is 2.70. The van der Waals surface area contributed by atoms with E-state index in [0.717, 1.165) is 18.9 Å². The Morgan fingerprint density at radius 1 is 1.20 bits per heavy atom. The summed E-state index contributed by atoms with van der Waals surface area (Å²) in [6.07, 6.45) is 13.6. The summed E-state index contributed by atoms with van der Waals surface area (Å²) >= 11 is 1.93. The molecule has 3 aliphatic rings. The smallest absolute Gasteiger partial charge is 0.237 e. The number of hydrogen-bond donors (Lipinski definition) is 2. The largest absolute Gasteiger partial charge is 0.353 e. The number of rotatable bonds is 4. The van der Waals surface area contributed by atoms with E-state index in [1.165, 1.54) is 51.4 Å². The van der Waals surface area contributed by atoms with Crippen molar-refractivity contribution in [1.82, 2.24) is 10.6 Å². The molecule has 0 aromatic rings. The van der Waals surface area contributed by atoms with E-state index in [9.17, 15) is 4.79 Å². The minimum Gasteiger partial charge on any atom is -0.353 e. The summed E-state index contributed by atoms with van der Waals surface area (Å²) in [7, 11) is 0. The lowest BCUT2D eigenvalue weighted by molar-refractivity contribution is -0.124. The third-order valence-corrected chi connectivity index (χ3v) is 7.17. The number of amides is 1. The second-order valence-electron chi connectivity index (χ2n) is 6.91. The third kappa shape index (κ3) is 3.01. The van der Waals surface area contributed by atoms with Gasteiger partial charge in [-0.05, 0) is 50.7 Å². The lowest BCUT2D eigenvalue weighted by Crippen LogP contribution is -2.56. The monoisotopic (exact) mass is 296 g/mol. The Morgan fingerprint density at radius 3 is 2.70 bits per heavy atom. The van der Waals surface area contributed by atoms with Gasteiger partial charge in [0.15, 0.2) is 0 Å². The molecule has 0 radical (unpaired) electrons. The Hall–Kier alpha value is -0.220. The van der Waals surface area contributed by atoms with Gasteiger partial charge in [-0.2, -0.15) is 11.8 Å². The van der Waals surface area contributed by atoms with Gasteiger partial charge in [-0.1, -0.05) is 19.3 Å². The topological polar surface area (TPSA) is 41.1 Å². The molecular weight excluding hydrogens is 268 g/mol. The molecule has 3 unspecified atom stereocenters. The summed E-state index contributed by atoms with van der Waals surface area (Å²) in [5.74, 6) is 1.08. The van der Waals surface area contributed by atoms with E-state index in [4.69, 9.17) is 0 Å². The molecule has 0 aromatic heterocycles. The van der Waals surface area contributed by atoms with Gasteiger partial charge in [0.25, 0.3) is 0 Å². The van der Waals surface area contributed by atoms with Crippen molar-refractivity contribution in [3.05, 3.63) is 0 Å². The molecule has 3 fully saturated rings. The van der Waals surface area contributed by atoms with Crippen LogP contribution >= 0.6 is 11.8 Å². The molecule has 1 amide bonds. The van der Waals surface area contributed by atoms with E-state index < -0.39 is 0 Å². The zero-order chi connectivity index (χ0) is 14.0. The maximum absolute atomic E-state index is 12.4. The maximum atomic E-state index is 12.4. The van der Waals surface area contributed by atoms with Crippen LogP contribution in [0.4, 0.5) is 0 Å². The van der Waals surface area contributed by atoms with Crippen LogP contribution in [0.25, 0.3) is 0 Å². The SMILES string of the molecule is CSC1(CNC(=O)C2CCC3CCCCC3N2)CCC1. The number of carbonyl (C=O) groups excluding carboxylic acids is 1. The summed E-state index contributed by atoms with van der Waals surface area (Å²) in [6, 6.07) is 0.666. The lowest BCUT2D eigenvalue weighted by atomic mass is 9.77. The quantitative estimate of drug-likeness (QED) is 0.838. The fourth-order valence-electron chi connectivity index (χ4n) is 4.10. The Bertz CT molecular complexity index is 351. The lowest BCUT2D eigenvalue weighted by Gasteiger charge is -2.42. The number of piperidine rings is 1. The van der Waals surface area contributed by atoms with Crippen molar-refractivity contribution in [2.75, 3.05) is 12.8 Å². The molecule has 2 saturated carbocycles. The van der Waals surface area contributed by atoms with Crippen LogP contribution in [0, 0.1) is 5.92 Å². The zero-order valence-corrected chi connectivity index (χ0v) is 13.4. The van der Waals surface area contributed by atoms with Crippen LogP contribution in [-0.4, -0.2) is 35.5 Å². The van der Waals surface area contributed by atoms with E-state index in [-0.39, 0.29) is 11.9 Å². The van der Waals surface area contributed by atoms with Crippen molar-refractivity contribution in [2.24, 2.45) is 5.92 Å². The number of carbonyl (C=O) groups is 1. The van der Waals surface area contributed by atoms with Gasteiger partial charge in [0, 0.05) is 17.3 Å². The van der Waals surface area contributed by atoms with Crippen LogP contribution in [0.2, 0.25) is 0 Å². The molecule has 20 heavy (non-hydrogen) atoms. The first-order valence-corrected chi connectivity index (χ1v) is 9.54. The molecule has 3 atom stereocenters. The first-order valence-electron chi connectivity index (χ1n) is 8.31.